The summed E-state index contributed by atoms with van der Waals surface area (Å²) in [5, 5.41) is 13.8. The predicted molar refractivity (Wildman–Crippen MR) is 89.4 cm³/mol. The second-order valence-corrected chi connectivity index (χ2v) is 7.08. The molecule has 1 saturated heterocycles. The second kappa shape index (κ2) is 5.68. The summed E-state index contributed by atoms with van der Waals surface area (Å²) in [6.07, 6.45) is 5.56. The molecule has 1 aliphatic carbocycles. The van der Waals surface area contributed by atoms with Gasteiger partial charge < -0.3 is 10.0 Å². The van der Waals surface area contributed by atoms with Gasteiger partial charge in [-0.25, -0.2) is 9.67 Å². The van der Waals surface area contributed by atoms with E-state index in [1.165, 1.54) is 6.33 Å². The minimum absolute atomic E-state index is 0.0729. The van der Waals surface area contributed by atoms with Gasteiger partial charge in [-0.05, 0) is 49.4 Å². The molecule has 1 saturated carbocycles. The molecule has 7 nitrogen and oxygen atoms in total. The number of likely N-dealkylation sites (tertiary alicyclic amines) is 1. The molecule has 1 aromatic heterocycles. The van der Waals surface area contributed by atoms with Crippen LogP contribution in [0.4, 0.5) is 0 Å². The van der Waals surface area contributed by atoms with Gasteiger partial charge in [0.2, 0.25) is 0 Å². The highest BCUT2D eigenvalue weighted by atomic mass is 16.4. The highest BCUT2D eigenvalue weighted by Crippen LogP contribution is 2.49. The number of aliphatic carboxylic acids is 1. The summed E-state index contributed by atoms with van der Waals surface area (Å²) in [5.41, 5.74) is 1.56. The van der Waals surface area contributed by atoms with Crippen LogP contribution in [0.5, 0.6) is 0 Å². The summed E-state index contributed by atoms with van der Waals surface area (Å²) in [6.45, 7) is 2.74. The molecule has 0 unspecified atom stereocenters. The summed E-state index contributed by atoms with van der Waals surface area (Å²) in [7, 11) is 0. The van der Waals surface area contributed by atoms with Gasteiger partial charge >= 0.3 is 5.97 Å². The first-order valence-corrected chi connectivity index (χ1v) is 8.49. The topological polar surface area (TPSA) is 88.3 Å². The molecule has 1 aliphatic heterocycles. The van der Waals surface area contributed by atoms with Crippen LogP contribution in [-0.4, -0.2) is 49.7 Å². The van der Waals surface area contributed by atoms with Gasteiger partial charge in [0.15, 0.2) is 0 Å². The Morgan fingerprint density at radius 1 is 1.36 bits per heavy atom. The number of aryl methyl sites for hydroxylation is 1. The van der Waals surface area contributed by atoms with Crippen LogP contribution in [0, 0.1) is 18.3 Å². The number of hydrogen-bond acceptors (Lipinski definition) is 4. The number of nitrogens with zero attached hydrogens (tertiary/aromatic N) is 4. The third-order valence-electron chi connectivity index (χ3n) is 5.71. The third-order valence-corrected chi connectivity index (χ3v) is 5.71. The number of aromatic nitrogens is 3. The number of fused-ring (bicyclic) bond motifs is 1. The van der Waals surface area contributed by atoms with E-state index in [-0.39, 0.29) is 11.8 Å². The lowest BCUT2D eigenvalue weighted by Gasteiger charge is -2.23. The molecule has 130 valence electrons. The molecule has 2 aromatic rings. The highest BCUT2D eigenvalue weighted by Gasteiger charge is 2.55. The first kappa shape index (κ1) is 15.8. The summed E-state index contributed by atoms with van der Waals surface area (Å²) < 4.78 is 1.64. The number of carbonyl (C=O) groups excluding carboxylic acids is 1. The quantitative estimate of drug-likeness (QED) is 0.922. The molecule has 0 radical (unpaired) electrons. The Morgan fingerprint density at radius 2 is 2.20 bits per heavy atom. The molecular weight excluding hydrogens is 320 g/mol. The maximum atomic E-state index is 13.0. The average molecular weight is 340 g/mol. The molecule has 2 atom stereocenters. The molecule has 2 aliphatic rings. The number of hydrogen-bond donors (Lipinski definition) is 1. The van der Waals surface area contributed by atoms with E-state index in [1.807, 2.05) is 19.1 Å². The van der Waals surface area contributed by atoms with Crippen molar-refractivity contribution in [3.05, 3.63) is 42.0 Å². The zero-order valence-corrected chi connectivity index (χ0v) is 14.1. The standard InChI is InChI=1S/C18H20N4O3/c1-12-7-14(22-11-19-10-20-22)4-5-15(12)16(23)21-8-13-3-2-6-18(13,9-21)17(24)25/h4-5,7,10-11,13H,2-3,6,8-9H2,1H3,(H,24,25)/t13-,18+/m0/s1. The van der Waals surface area contributed by atoms with Gasteiger partial charge in [0.1, 0.15) is 12.7 Å². The molecular formula is C18H20N4O3. The first-order chi connectivity index (χ1) is 12.0. The van der Waals surface area contributed by atoms with Crippen LogP contribution in [0.3, 0.4) is 0 Å². The number of rotatable bonds is 3. The van der Waals surface area contributed by atoms with E-state index in [1.54, 1.807) is 22.0 Å². The molecule has 2 fully saturated rings. The van der Waals surface area contributed by atoms with Crippen molar-refractivity contribution in [1.82, 2.24) is 19.7 Å². The van der Waals surface area contributed by atoms with Crippen molar-refractivity contribution in [2.45, 2.75) is 26.2 Å². The van der Waals surface area contributed by atoms with Gasteiger partial charge in [0, 0.05) is 18.7 Å². The van der Waals surface area contributed by atoms with Gasteiger partial charge in [0.05, 0.1) is 11.1 Å². The van der Waals surface area contributed by atoms with E-state index in [0.29, 0.717) is 25.1 Å². The predicted octanol–water partition coefficient (Wildman–Crippen LogP) is 1.90. The van der Waals surface area contributed by atoms with E-state index in [2.05, 4.69) is 10.1 Å². The third kappa shape index (κ3) is 2.42. The fraction of sp³-hybridized carbons (Fsp3) is 0.444. The first-order valence-electron chi connectivity index (χ1n) is 8.49. The van der Waals surface area contributed by atoms with Gasteiger partial charge in [-0.3, -0.25) is 9.59 Å². The minimum atomic E-state index is -0.761. The van der Waals surface area contributed by atoms with E-state index in [4.69, 9.17) is 0 Å². The van der Waals surface area contributed by atoms with Crippen LogP contribution < -0.4 is 0 Å². The number of carbonyl (C=O) groups is 2. The second-order valence-electron chi connectivity index (χ2n) is 7.08. The zero-order chi connectivity index (χ0) is 17.6. The Labute approximate surface area is 145 Å². The lowest BCUT2D eigenvalue weighted by atomic mass is 9.81. The van der Waals surface area contributed by atoms with Crippen LogP contribution in [0.1, 0.15) is 35.2 Å². The molecule has 2 heterocycles. The van der Waals surface area contributed by atoms with Crippen LogP contribution >= 0.6 is 0 Å². The molecule has 4 rings (SSSR count). The van der Waals surface area contributed by atoms with Crippen molar-refractivity contribution >= 4 is 11.9 Å². The van der Waals surface area contributed by atoms with Gasteiger partial charge in [0.25, 0.3) is 5.91 Å². The molecule has 0 bridgehead atoms. The lowest BCUT2D eigenvalue weighted by Crippen LogP contribution is -2.37. The van der Waals surface area contributed by atoms with E-state index >= 15 is 0 Å². The maximum absolute atomic E-state index is 13.0. The van der Waals surface area contributed by atoms with Crippen LogP contribution in [0.25, 0.3) is 5.69 Å². The summed E-state index contributed by atoms with van der Waals surface area (Å²) in [6, 6.07) is 5.51. The molecule has 1 aromatic carbocycles. The SMILES string of the molecule is Cc1cc(-n2cncn2)ccc1C(=O)N1C[C@@H]2CCC[C@@]2(C(=O)O)C1. The monoisotopic (exact) mass is 340 g/mol. The largest absolute Gasteiger partial charge is 0.481 e. The van der Waals surface area contributed by atoms with Crippen molar-refractivity contribution in [2.75, 3.05) is 13.1 Å². The molecule has 25 heavy (non-hydrogen) atoms. The average Bonchev–Trinajstić information content (AvgIpc) is 3.29. The summed E-state index contributed by atoms with van der Waals surface area (Å²) in [4.78, 5) is 30.4. The Kier molecular flexibility index (Phi) is 3.59. The number of carboxylic acid groups (broad SMARTS) is 1. The lowest BCUT2D eigenvalue weighted by molar-refractivity contribution is -0.149. The van der Waals surface area contributed by atoms with Gasteiger partial charge in [-0.2, -0.15) is 5.10 Å². The smallest absolute Gasteiger partial charge is 0.311 e. The van der Waals surface area contributed by atoms with Crippen LogP contribution in [-0.2, 0) is 4.79 Å². The van der Waals surface area contributed by atoms with Crippen LogP contribution in [0.15, 0.2) is 30.9 Å². The van der Waals surface area contributed by atoms with E-state index in [9.17, 15) is 14.7 Å². The Bertz CT molecular complexity index is 833. The highest BCUT2D eigenvalue weighted by molar-refractivity contribution is 5.96. The van der Waals surface area contributed by atoms with Gasteiger partial charge in [-0.1, -0.05) is 6.42 Å². The van der Waals surface area contributed by atoms with Crippen molar-refractivity contribution in [3.8, 4) is 5.69 Å². The minimum Gasteiger partial charge on any atom is -0.481 e. The molecule has 0 spiro atoms. The Balaban J connectivity index is 1.59. The Hall–Kier alpha value is -2.70. The van der Waals surface area contributed by atoms with E-state index in [0.717, 1.165) is 24.1 Å². The van der Waals surface area contributed by atoms with E-state index < -0.39 is 11.4 Å². The normalized spacial score (nSPS) is 25.2. The van der Waals surface area contributed by atoms with Gasteiger partial charge in [-0.15, -0.1) is 0 Å². The van der Waals surface area contributed by atoms with Crippen molar-refractivity contribution < 1.29 is 14.7 Å². The number of benzene rings is 1. The summed E-state index contributed by atoms with van der Waals surface area (Å²) >= 11 is 0. The number of amides is 1. The Morgan fingerprint density at radius 3 is 2.84 bits per heavy atom. The van der Waals surface area contributed by atoms with Crippen LogP contribution in [0.2, 0.25) is 0 Å². The number of carboxylic acids is 1. The maximum Gasteiger partial charge on any atom is 0.311 e. The van der Waals surface area contributed by atoms with Crippen molar-refractivity contribution in [3.63, 3.8) is 0 Å². The molecule has 1 N–H and O–H groups in total. The van der Waals surface area contributed by atoms with Crippen molar-refractivity contribution in [2.24, 2.45) is 11.3 Å². The summed E-state index contributed by atoms with van der Waals surface area (Å²) in [5.74, 6) is -0.773. The fourth-order valence-corrected chi connectivity index (χ4v) is 4.34. The fourth-order valence-electron chi connectivity index (χ4n) is 4.34. The molecule has 7 heteroatoms. The van der Waals surface area contributed by atoms with Crippen molar-refractivity contribution in [1.29, 1.82) is 0 Å². The molecule has 1 amide bonds. The zero-order valence-electron chi connectivity index (χ0n) is 14.1.